The maximum atomic E-state index is 10.6. The summed E-state index contributed by atoms with van der Waals surface area (Å²) < 4.78 is 33.9. The van der Waals surface area contributed by atoms with E-state index in [0.29, 0.717) is 11.7 Å². The van der Waals surface area contributed by atoms with Gasteiger partial charge in [-0.2, -0.15) is 13.2 Å². The summed E-state index contributed by atoms with van der Waals surface area (Å²) in [5.41, 5.74) is 9.76. The highest BCUT2D eigenvalue weighted by Crippen LogP contribution is 2.33. The minimum absolute atomic E-state index is 0.464. The lowest BCUT2D eigenvalue weighted by atomic mass is 10.1. The van der Waals surface area contributed by atoms with Crippen LogP contribution in [0.1, 0.15) is 11.6 Å². The summed E-state index contributed by atoms with van der Waals surface area (Å²) in [5, 5.41) is 26.1. The molecule has 0 amide bonds. The van der Waals surface area contributed by atoms with Crippen LogP contribution in [0.3, 0.4) is 0 Å². The number of aromatic nitrogens is 7. The number of halogens is 3. The van der Waals surface area contributed by atoms with Crippen molar-refractivity contribution in [3.8, 4) is 21.8 Å². The molecule has 0 spiro atoms. The Balaban J connectivity index is 0.000000374. The zero-order chi connectivity index (χ0) is 27.0. The molecule has 4 aromatic heterocycles. The topological polar surface area (TPSA) is 152 Å². The summed E-state index contributed by atoms with van der Waals surface area (Å²) in [7, 11) is 0. The molecule has 0 bridgehead atoms. The highest BCUT2D eigenvalue weighted by Gasteiger charge is 2.38. The highest BCUT2D eigenvalue weighted by atomic mass is 32.1. The van der Waals surface area contributed by atoms with Gasteiger partial charge in [-0.25, -0.2) is 9.78 Å². The number of hydrogen-bond acceptors (Lipinski definition) is 9. The van der Waals surface area contributed by atoms with Gasteiger partial charge in [0.1, 0.15) is 16.6 Å². The SMILES string of the molecule is Cc1nnc2n1CCN(c1cccc(-c3c[nH]c4ccc(-c5nnc(N)s5)cc34)n1)C2.O=C(O)C(F)(F)F. The van der Waals surface area contributed by atoms with Crippen molar-refractivity contribution in [2.45, 2.75) is 26.2 Å². The highest BCUT2D eigenvalue weighted by molar-refractivity contribution is 7.18. The Morgan fingerprint density at radius 1 is 1.13 bits per heavy atom. The molecule has 5 aromatic rings. The first-order valence-electron chi connectivity index (χ1n) is 11.2. The molecule has 0 unspecified atom stereocenters. The molecule has 1 aliphatic heterocycles. The molecule has 38 heavy (non-hydrogen) atoms. The Morgan fingerprint density at radius 2 is 1.92 bits per heavy atom. The zero-order valence-electron chi connectivity index (χ0n) is 19.8. The number of anilines is 2. The molecule has 5 heterocycles. The Morgan fingerprint density at radius 3 is 2.63 bits per heavy atom. The van der Waals surface area contributed by atoms with E-state index in [4.69, 9.17) is 20.6 Å². The smallest absolute Gasteiger partial charge is 0.475 e. The fourth-order valence-corrected chi connectivity index (χ4v) is 4.67. The van der Waals surface area contributed by atoms with Crippen LogP contribution in [0.15, 0.2) is 42.6 Å². The zero-order valence-corrected chi connectivity index (χ0v) is 20.6. The first-order chi connectivity index (χ1) is 18.1. The van der Waals surface area contributed by atoms with E-state index in [1.165, 1.54) is 11.3 Å². The van der Waals surface area contributed by atoms with Crippen molar-refractivity contribution in [1.29, 1.82) is 0 Å². The van der Waals surface area contributed by atoms with E-state index in [2.05, 4.69) is 53.0 Å². The summed E-state index contributed by atoms with van der Waals surface area (Å²) in [6.45, 7) is 4.43. The Bertz CT molecular complexity index is 1630. The number of carbonyl (C=O) groups is 1. The Hall–Kier alpha value is -4.53. The van der Waals surface area contributed by atoms with Crippen LogP contribution in [0.2, 0.25) is 0 Å². The molecular weight excluding hydrogens is 523 g/mol. The van der Waals surface area contributed by atoms with Gasteiger partial charge in [0.05, 0.1) is 12.2 Å². The molecule has 1 aliphatic rings. The number of nitrogens with zero attached hydrogens (tertiary/aromatic N) is 7. The third-order valence-electron chi connectivity index (χ3n) is 5.88. The first kappa shape index (κ1) is 25.1. The fraction of sp³-hybridized carbons (Fsp3) is 0.217. The summed E-state index contributed by atoms with van der Waals surface area (Å²) in [6, 6.07) is 12.3. The van der Waals surface area contributed by atoms with Gasteiger partial charge in [0, 0.05) is 41.3 Å². The number of aliphatic carboxylic acids is 1. The van der Waals surface area contributed by atoms with Crippen LogP contribution in [0.4, 0.5) is 24.1 Å². The lowest BCUT2D eigenvalue weighted by Gasteiger charge is -2.28. The average molecular weight is 544 g/mol. The monoisotopic (exact) mass is 543 g/mol. The average Bonchev–Trinajstić information content (AvgIpc) is 3.62. The molecule has 0 fully saturated rings. The molecule has 11 nitrogen and oxygen atoms in total. The van der Waals surface area contributed by atoms with Crippen LogP contribution >= 0.6 is 11.3 Å². The number of nitrogens with one attached hydrogen (secondary N) is 1. The molecule has 6 rings (SSSR count). The van der Waals surface area contributed by atoms with Gasteiger partial charge in [-0.3, -0.25) is 0 Å². The van der Waals surface area contributed by atoms with E-state index < -0.39 is 12.1 Å². The third-order valence-corrected chi connectivity index (χ3v) is 6.69. The van der Waals surface area contributed by atoms with Gasteiger partial charge in [0.25, 0.3) is 0 Å². The van der Waals surface area contributed by atoms with E-state index in [9.17, 15) is 13.2 Å². The standard InChI is InChI=1S/C21H19N9S.C2HF3O2/c1-12-25-26-19-11-29(7-8-30(12)19)18-4-2-3-17(24-18)15-10-23-16-6-5-13(9-14(15)16)20-27-28-21(22)31-20;3-2(4,5)1(6)7/h2-6,9-10,23H,7-8,11H2,1H3,(H2,22,28);(H,6,7). The number of aryl methyl sites for hydroxylation is 1. The van der Waals surface area contributed by atoms with Gasteiger partial charge in [0.15, 0.2) is 5.82 Å². The number of aromatic amines is 1. The van der Waals surface area contributed by atoms with Crippen LogP contribution < -0.4 is 10.6 Å². The Kier molecular flexibility index (Phi) is 6.44. The van der Waals surface area contributed by atoms with Crippen molar-refractivity contribution in [2.75, 3.05) is 17.2 Å². The van der Waals surface area contributed by atoms with Crippen molar-refractivity contribution in [2.24, 2.45) is 0 Å². The van der Waals surface area contributed by atoms with Crippen molar-refractivity contribution in [3.05, 3.63) is 54.2 Å². The van der Waals surface area contributed by atoms with E-state index in [1.54, 1.807) is 0 Å². The second kappa shape index (κ2) is 9.74. The summed E-state index contributed by atoms with van der Waals surface area (Å²) >= 11 is 1.38. The number of pyridine rings is 1. The molecule has 0 saturated carbocycles. The molecule has 0 radical (unpaired) electrons. The van der Waals surface area contributed by atoms with E-state index in [1.807, 2.05) is 31.3 Å². The number of hydrogen-bond donors (Lipinski definition) is 3. The van der Waals surface area contributed by atoms with Gasteiger partial charge in [-0.1, -0.05) is 17.4 Å². The molecule has 0 saturated heterocycles. The number of H-pyrrole nitrogens is 1. The molecule has 196 valence electrons. The maximum Gasteiger partial charge on any atom is 0.490 e. The third kappa shape index (κ3) is 5.00. The number of fused-ring (bicyclic) bond motifs is 2. The van der Waals surface area contributed by atoms with Crippen LogP contribution in [-0.2, 0) is 17.9 Å². The summed E-state index contributed by atoms with van der Waals surface area (Å²) in [6.07, 6.45) is -3.08. The van der Waals surface area contributed by atoms with Gasteiger partial charge in [0.2, 0.25) is 5.13 Å². The lowest BCUT2D eigenvalue weighted by Crippen LogP contribution is -2.34. The maximum absolute atomic E-state index is 10.6. The van der Waals surface area contributed by atoms with Crippen LogP contribution in [0.25, 0.3) is 32.7 Å². The van der Waals surface area contributed by atoms with E-state index in [-0.39, 0.29) is 0 Å². The van der Waals surface area contributed by atoms with Crippen molar-refractivity contribution >= 4 is 39.2 Å². The van der Waals surface area contributed by atoms with Crippen molar-refractivity contribution < 1.29 is 23.1 Å². The number of benzene rings is 1. The number of rotatable bonds is 3. The molecule has 4 N–H and O–H groups in total. The Labute approximate surface area is 216 Å². The fourth-order valence-electron chi connectivity index (χ4n) is 4.06. The molecule has 1 aromatic carbocycles. The predicted octanol–water partition coefficient (Wildman–Crippen LogP) is 3.88. The van der Waals surface area contributed by atoms with Crippen LogP contribution in [-0.4, -0.2) is 58.7 Å². The van der Waals surface area contributed by atoms with Gasteiger partial charge < -0.3 is 25.3 Å². The van der Waals surface area contributed by atoms with Crippen LogP contribution in [0, 0.1) is 6.92 Å². The summed E-state index contributed by atoms with van der Waals surface area (Å²) in [5.74, 6) is 0.117. The molecule has 15 heteroatoms. The van der Waals surface area contributed by atoms with Crippen molar-refractivity contribution in [1.82, 2.24) is 34.9 Å². The quantitative estimate of drug-likeness (QED) is 0.308. The molecule has 0 aliphatic carbocycles. The second-order valence-electron chi connectivity index (χ2n) is 8.33. The van der Waals surface area contributed by atoms with Crippen LogP contribution in [0.5, 0.6) is 0 Å². The number of carboxylic acids is 1. The first-order valence-corrected chi connectivity index (χ1v) is 12.0. The number of nitrogens with two attached hydrogens (primary N) is 1. The second-order valence-corrected chi connectivity index (χ2v) is 9.34. The van der Waals surface area contributed by atoms with Gasteiger partial charge >= 0.3 is 12.1 Å². The van der Waals surface area contributed by atoms with Crippen molar-refractivity contribution in [3.63, 3.8) is 0 Å². The molecule has 0 atom stereocenters. The van der Waals surface area contributed by atoms with Gasteiger partial charge in [-0.05, 0) is 37.3 Å². The number of nitrogen functional groups attached to an aromatic ring is 1. The van der Waals surface area contributed by atoms with E-state index >= 15 is 0 Å². The normalized spacial score (nSPS) is 13.2. The largest absolute Gasteiger partial charge is 0.490 e. The van der Waals surface area contributed by atoms with Gasteiger partial charge in [-0.15, -0.1) is 20.4 Å². The number of carboxylic acid groups (broad SMARTS) is 1. The predicted molar refractivity (Wildman–Crippen MR) is 134 cm³/mol. The molecular formula is C23H20F3N9O2S. The minimum Gasteiger partial charge on any atom is -0.475 e. The lowest BCUT2D eigenvalue weighted by molar-refractivity contribution is -0.192. The summed E-state index contributed by atoms with van der Waals surface area (Å²) in [4.78, 5) is 19.5. The van der Waals surface area contributed by atoms with E-state index in [0.717, 1.165) is 63.3 Å². The number of alkyl halides is 3. The minimum atomic E-state index is -5.08.